The lowest BCUT2D eigenvalue weighted by molar-refractivity contribution is -0.384. The van der Waals surface area contributed by atoms with Gasteiger partial charge in [-0.15, -0.1) is 0 Å². The fourth-order valence-electron chi connectivity index (χ4n) is 2.75. The second-order valence-corrected chi connectivity index (χ2v) is 7.03. The molecule has 0 aliphatic rings. The second kappa shape index (κ2) is 9.53. The van der Waals surface area contributed by atoms with Crippen LogP contribution in [-0.2, 0) is 0 Å². The topological polar surface area (TPSA) is 114 Å². The van der Waals surface area contributed by atoms with Crippen molar-refractivity contribution in [1.82, 2.24) is 5.32 Å². The minimum absolute atomic E-state index is 0.00258. The number of hydrogen-bond acceptors (Lipinski definition) is 5. The van der Waals surface area contributed by atoms with E-state index in [0.717, 1.165) is 0 Å². The summed E-state index contributed by atoms with van der Waals surface area (Å²) in [7, 11) is 0. The number of carbonyl (C=O) groups excluding carboxylic acids is 2. The number of benzene rings is 2. The first-order valence-electron chi connectivity index (χ1n) is 9.56. The highest BCUT2D eigenvalue weighted by Crippen LogP contribution is 2.25. The summed E-state index contributed by atoms with van der Waals surface area (Å²) in [4.78, 5) is 34.4. The summed E-state index contributed by atoms with van der Waals surface area (Å²) in [5, 5.41) is 16.2. The SMILES string of the molecule is CC(C)NC(=O)Nc1ccc(C(=O)C=Cc2ccc(-c3ccc([N+](=O)[O-])cc3)o2)cc1. The molecule has 2 N–H and O–H groups in total. The number of nitrogens with zero attached hydrogens (tertiary/aromatic N) is 1. The number of anilines is 1. The van der Waals surface area contributed by atoms with Gasteiger partial charge < -0.3 is 15.1 Å². The Bertz CT molecular complexity index is 1110. The maximum Gasteiger partial charge on any atom is 0.319 e. The smallest absolute Gasteiger partial charge is 0.319 e. The van der Waals surface area contributed by atoms with Crippen molar-refractivity contribution >= 4 is 29.3 Å². The van der Waals surface area contributed by atoms with Crippen molar-refractivity contribution in [3.8, 4) is 11.3 Å². The number of amides is 2. The number of nitro benzene ring substituents is 1. The number of ketones is 1. The van der Waals surface area contributed by atoms with Crippen molar-refractivity contribution in [3.05, 3.63) is 88.2 Å². The number of allylic oxidation sites excluding steroid dienone is 1. The largest absolute Gasteiger partial charge is 0.457 e. The monoisotopic (exact) mass is 419 g/mol. The lowest BCUT2D eigenvalue weighted by Gasteiger charge is -2.10. The normalized spacial score (nSPS) is 10.9. The van der Waals surface area contributed by atoms with E-state index in [9.17, 15) is 19.7 Å². The van der Waals surface area contributed by atoms with Crippen molar-refractivity contribution < 1.29 is 18.9 Å². The number of urea groups is 1. The van der Waals surface area contributed by atoms with Crippen LogP contribution >= 0.6 is 0 Å². The number of nitro groups is 1. The third kappa shape index (κ3) is 5.89. The Labute approximate surface area is 178 Å². The van der Waals surface area contributed by atoms with Gasteiger partial charge in [-0.1, -0.05) is 0 Å². The molecule has 2 amide bonds. The first-order chi connectivity index (χ1) is 14.8. The van der Waals surface area contributed by atoms with Crippen LogP contribution in [0.3, 0.4) is 0 Å². The molecule has 0 aliphatic carbocycles. The summed E-state index contributed by atoms with van der Waals surface area (Å²) in [6.07, 6.45) is 2.95. The molecule has 8 nitrogen and oxygen atoms in total. The molecule has 0 aliphatic heterocycles. The Kier molecular flexibility index (Phi) is 6.61. The molecule has 0 radical (unpaired) electrons. The summed E-state index contributed by atoms with van der Waals surface area (Å²) in [6, 6.07) is 15.7. The second-order valence-electron chi connectivity index (χ2n) is 7.03. The molecular weight excluding hydrogens is 398 g/mol. The maximum absolute atomic E-state index is 12.4. The van der Waals surface area contributed by atoms with Crippen LogP contribution < -0.4 is 10.6 Å². The minimum atomic E-state index is -0.464. The van der Waals surface area contributed by atoms with Crippen molar-refractivity contribution in [2.45, 2.75) is 19.9 Å². The molecule has 3 aromatic rings. The Morgan fingerprint density at radius 2 is 1.68 bits per heavy atom. The molecule has 1 aromatic heterocycles. The lowest BCUT2D eigenvalue weighted by atomic mass is 10.1. The van der Waals surface area contributed by atoms with Crippen molar-refractivity contribution in [2.24, 2.45) is 0 Å². The highest BCUT2D eigenvalue weighted by Gasteiger charge is 2.09. The molecular formula is C23H21N3O5. The molecule has 3 rings (SSSR count). The first kappa shape index (κ1) is 21.5. The van der Waals surface area contributed by atoms with Crippen LogP contribution in [0.25, 0.3) is 17.4 Å². The van der Waals surface area contributed by atoms with Crippen molar-refractivity contribution in [1.29, 1.82) is 0 Å². The van der Waals surface area contributed by atoms with Gasteiger partial charge in [0.1, 0.15) is 11.5 Å². The van der Waals surface area contributed by atoms with Gasteiger partial charge in [0.05, 0.1) is 4.92 Å². The van der Waals surface area contributed by atoms with E-state index >= 15 is 0 Å². The predicted octanol–water partition coefficient (Wildman–Crippen LogP) is 5.28. The molecule has 0 spiro atoms. The maximum atomic E-state index is 12.4. The van der Waals surface area contributed by atoms with Gasteiger partial charge >= 0.3 is 6.03 Å². The zero-order valence-corrected chi connectivity index (χ0v) is 17.0. The van der Waals surface area contributed by atoms with Gasteiger partial charge in [-0.2, -0.15) is 0 Å². The average Bonchev–Trinajstić information content (AvgIpc) is 3.21. The van der Waals surface area contributed by atoms with Crippen LogP contribution in [0.15, 0.2) is 71.2 Å². The number of non-ortho nitro benzene ring substituents is 1. The van der Waals surface area contributed by atoms with Gasteiger partial charge in [0, 0.05) is 35.0 Å². The highest BCUT2D eigenvalue weighted by atomic mass is 16.6. The zero-order chi connectivity index (χ0) is 22.4. The third-order valence-corrected chi connectivity index (χ3v) is 4.24. The number of nitrogens with one attached hydrogen (secondary N) is 2. The fraction of sp³-hybridized carbons (Fsp3) is 0.130. The molecule has 158 valence electrons. The van der Waals surface area contributed by atoms with E-state index in [1.165, 1.54) is 18.2 Å². The summed E-state index contributed by atoms with van der Waals surface area (Å²) < 4.78 is 5.69. The van der Waals surface area contributed by atoms with Crippen LogP contribution in [0, 0.1) is 10.1 Å². The van der Waals surface area contributed by atoms with E-state index in [-0.39, 0.29) is 23.5 Å². The van der Waals surface area contributed by atoms with Crippen LogP contribution in [0.1, 0.15) is 30.0 Å². The quantitative estimate of drug-likeness (QED) is 0.234. The number of furan rings is 1. The van der Waals surface area contributed by atoms with Gasteiger partial charge in [-0.3, -0.25) is 14.9 Å². The van der Waals surface area contributed by atoms with E-state index in [1.807, 2.05) is 13.8 Å². The van der Waals surface area contributed by atoms with Gasteiger partial charge in [-0.25, -0.2) is 4.79 Å². The molecule has 1 heterocycles. The Balaban J connectivity index is 1.62. The van der Waals surface area contributed by atoms with Gasteiger partial charge in [0.25, 0.3) is 5.69 Å². The molecule has 0 bridgehead atoms. The van der Waals surface area contributed by atoms with E-state index in [1.54, 1.807) is 54.6 Å². The number of rotatable bonds is 7. The molecule has 31 heavy (non-hydrogen) atoms. The van der Waals surface area contributed by atoms with E-state index in [4.69, 9.17) is 4.42 Å². The summed E-state index contributed by atoms with van der Waals surface area (Å²) in [5.74, 6) is 0.800. The first-order valence-corrected chi connectivity index (χ1v) is 9.56. The van der Waals surface area contributed by atoms with E-state index < -0.39 is 4.92 Å². The fourth-order valence-corrected chi connectivity index (χ4v) is 2.75. The molecule has 0 unspecified atom stereocenters. The third-order valence-electron chi connectivity index (χ3n) is 4.24. The standard InChI is InChI=1S/C23H21N3O5/c1-15(2)24-23(28)25-18-7-3-16(4-8-18)21(27)13-11-20-12-14-22(31-20)17-5-9-19(10-6-17)26(29)30/h3-15H,1-2H3,(H2,24,25,28). The summed E-state index contributed by atoms with van der Waals surface area (Å²) >= 11 is 0. The molecule has 0 saturated heterocycles. The van der Waals surface area contributed by atoms with Gasteiger partial charge in [0.2, 0.25) is 0 Å². The molecule has 2 aromatic carbocycles. The highest BCUT2D eigenvalue weighted by molar-refractivity contribution is 6.07. The Hall–Kier alpha value is -4.20. The summed E-state index contributed by atoms with van der Waals surface area (Å²) in [5.41, 5.74) is 1.75. The summed E-state index contributed by atoms with van der Waals surface area (Å²) in [6.45, 7) is 3.73. The average molecular weight is 419 g/mol. The van der Waals surface area contributed by atoms with E-state index in [0.29, 0.717) is 28.3 Å². The van der Waals surface area contributed by atoms with E-state index in [2.05, 4.69) is 10.6 Å². The molecule has 0 atom stereocenters. The predicted molar refractivity (Wildman–Crippen MR) is 118 cm³/mol. The number of hydrogen-bond donors (Lipinski definition) is 2. The molecule has 0 saturated carbocycles. The zero-order valence-electron chi connectivity index (χ0n) is 17.0. The van der Waals surface area contributed by atoms with Crippen LogP contribution in [0.4, 0.5) is 16.2 Å². The number of carbonyl (C=O) groups is 2. The molecule has 0 fully saturated rings. The van der Waals surface area contributed by atoms with Crippen molar-refractivity contribution in [2.75, 3.05) is 5.32 Å². The van der Waals surface area contributed by atoms with Crippen LogP contribution in [-0.4, -0.2) is 22.8 Å². The van der Waals surface area contributed by atoms with Crippen molar-refractivity contribution in [3.63, 3.8) is 0 Å². The van der Waals surface area contributed by atoms with Gasteiger partial charge in [-0.05, 0) is 74.5 Å². The Morgan fingerprint density at radius 1 is 1.00 bits per heavy atom. The van der Waals surface area contributed by atoms with Gasteiger partial charge in [0.15, 0.2) is 5.78 Å². The molecule has 8 heteroatoms. The minimum Gasteiger partial charge on any atom is -0.457 e. The lowest BCUT2D eigenvalue weighted by Crippen LogP contribution is -2.34. The Morgan fingerprint density at radius 3 is 2.29 bits per heavy atom. The van der Waals surface area contributed by atoms with Crippen LogP contribution in [0.2, 0.25) is 0 Å². The van der Waals surface area contributed by atoms with Crippen LogP contribution in [0.5, 0.6) is 0 Å².